The summed E-state index contributed by atoms with van der Waals surface area (Å²) >= 11 is 0. The Kier molecular flexibility index (Phi) is 6.02. The lowest BCUT2D eigenvalue weighted by atomic mass is 9.95. The first-order chi connectivity index (χ1) is 13.4. The minimum Gasteiger partial charge on any atom is -0.481 e. The third kappa shape index (κ3) is 4.19. The monoisotopic (exact) mass is 380 g/mol. The van der Waals surface area contributed by atoms with E-state index in [1.807, 2.05) is 69.3 Å². The first-order valence-electron chi connectivity index (χ1n) is 9.86. The zero-order valence-corrected chi connectivity index (χ0v) is 16.9. The van der Waals surface area contributed by atoms with Gasteiger partial charge in [0.1, 0.15) is 5.75 Å². The largest absolute Gasteiger partial charge is 0.481 e. The summed E-state index contributed by atoms with van der Waals surface area (Å²) in [5.74, 6) is 0.433. The van der Waals surface area contributed by atoms with E-state index in [9.17, 15) is 9.59 Å². The van der Waals surface area contributed by atoms with Crippen molar-refractivity contribution in [1.29, 1.82) is 0 Å². The van der Waals surface area contributed by atoms with Gasteiger partial charge in [-0.05, 0) is 51.0 Å². The van der Waals surface area contributed by atoms with Gasteiger partial charge >= 0.3 is 0 Å². The van der Waals surface area contributed by atoms with E-state index in [1.165, 1.54) is 0 Å². The van der Waals surface area contributed by atoms with Gasteiger partial charge in [-0.1, -0.05) is 37.3 Å². The van der Waals surface area contributed by atoms with Crippen molar-refractivity contribution in [1.82, 2.24) is 4.90 Å². The minimum atomic E-state index is -0.522. The Morgan fingerprint density at radius 1 is 1.21 bits per heavy atom. The molecule has 1 aliphatic rings. The van der Waals surface area contributed by atoms with Crippen molar-refractivity contribution in [3.8, 4) is 5.75 Å². The van der Waals surface area contributed by atoms with Crippen molar-refractivity contribution in [2.75, 3.05) is 5.32 Å². The molecule has 0 bridgehead atoms. The van der Waals surface area contributed by atoms with Crippen molar-refractivity contribution < 1.29 is 14.3 Å². The number of hydrogen-bond donors (Lipinski definition) is 1. The van der Waals surface area contributed by atoms with Gasteiger partial charge in [-0.15, -0.1) is 0 Å². The van der Waals surface area contributed by atoms with E-state index in [2.05, 4.69) is 5.32 Å². The maximum atomic E-state index is 12.8. The molecular formula is C23H28N2O3. The van der Waals surface area contributed by atoms with Crippen LogP contribution < -0.4 is 10.1 Å². The predicted octanol–water partition coefficient (Wildman–Crippen LogP) is 4.34. The second-order valence-corrected chi connectivity index (χ2v) is 7.50. The van der Waals surface area contributed by atoms with E-state index in [4.69, 9.17) is 4.74 Å². The van der Waals surface area contributed by atoms with Crippen molar-refractivity contribution in [2.24, 2.45) is 0 Å². The molecule has 1 aliphatic heterocycles. The molecule has 0 saturated heterocycles. The number of nitrogens with zero attached hydrogens (tertiary/aromatic N) is 1. The molecule has 0 fully saturated rings. The van der Waals surface area contributed by atoms with Crippen LogP contribution in [0.2, 0.25) is 0 Å². The van der Waals surface area contributed by atoms with E-state index >= 15 is 0 Å². The van der Waals surface area contributed by atoms with Crippen LogP contribution in [0.1, 0.15) is 51.2 Å². The molecule has 0 spiro atoms. The number of amides is 2. The van der Waals surface area contributed by atoms with Gasteiger partial charge < -0.3 is 15.0 Å². The molecule has 1 N–H and O–H groups in total. The van der Waals surface area contributed by atoms with E-state index in [1.54, 1.807) is 11.8 Å². The van der Waals surface area contributed by atoms with Crippen LogP contribution in [0.25, 0.3) is 0 Å². The Hall–Kier alpha value is -2.82. The van der Waals surface area contributed by atoms with Gasteiger partial charge in [-0.2, -0.15) is 0 Å². The van der Waals surface area contributed by atoms with E-state index < -0.39 is 6.10 Å². The molecule has 3 rings (SSSR count). The van der Waals surface area contributed by atoms with Crippen LogP contribution >= 0.6 is 0 Å². The van der Waals surface area contributed by atoms with Gasteiger partial charge in [0.2, 0.25) is 5.91 Å². The van der Waals surface area contributed by atoms with Crippen LogP contribution in [-0.4, -0.2) is 28.9 Å². The summed E-state index contributed by atoms with van der Waals surface area (Å²) in [5.41, 5.74) is 2.62. The fraction of sp³-hybridized carbons (Fsp3) is 0.391. The lowest BCUT2D eigenvalue weighted by Crippen LogP contribution is -2.41. The van der Waals surface area contributed by atoms with Crippen LogP contribution in [-0.2, 0) is 16.1 Å². The van der Waals surface area contributed by atoms with Gasteiger partial charge in [-0.25, -0.2) is 0 Å². The summed E-state index contributed by atoms with van der Waals surface area (Å²) < 4.78 is 5.84. The van der Waals surface area contributed by atoms with Crippen molar-refractivity contribution in [3.63, 3.8) is 0 Å². The molecule has 2 amide bonds. The van der Waals surface area contributed by atoms with Crippen LogP contribution in [0.4, 0.5) is 5.69 Å². The Bertz CT molecular complexity index is 848. The van der Waals surface area contributed by atoms with Crippen molar-refractivity contribution in [2.45, 2.75) is 58.7 Å². The van der Waals surface area contributed by atoms with Gasteiger partial charge in [0.25, 0.3) is 5.91 Å². The quantitative estimate of drug-likeness (QED) is 0.840. The standard InChI is InChI=1S/C23H28N2O3/c1-5-20(17-9-7-6-8-10-17)22(26)24-19-11-12-21-18(13-19)14-25(15(2)3)23(27)16(4)28-21/h6-13,15-16,20H,5,14H2,1-4H3,(H,24,26)/t16-,20-/m0/s1. The fourth-order valence-corrected chi connectivity index (χ4v) is 3.56. The van der Waals surface area contributed by atoms with Gasteiger partial charge in [0, 0.05) is 23.8 Å². The topological polar surface area (TPSA) is 58.6 Å². The van der Waals surface area contributed by atoms with Gasteiger partial charge in [0.05, 0.1) is 5.92 Å². The number of benzene rings is 2. The second kappa shape index (κ2) is 8.46. The molecule has 0 aromatic heterocycles. The number of anilines is 1. The molecule has 0 unspecified atom stereocenters. The lowest BCUT2D eigenvalue weighted by Gasteiger charge is -2.26. The zero-order chi connectivity index (χ0) is 20.3. The van der Waals surface area contributed by atoms with Crippen molar-refractivity contribution >= 4 is 17.5 Å². The average molecular weight is 380 g/mol. The van der Waals surface area contributed by atoms with Crippen LogP contribution in [0.15, 0.2) is 48.5 Å². The number of ether oxygens (including phenoxy) is 1. The molecule has 0 radical (unpaired) electrons. The molecule has 5 nitrogen and oxygen atoms in total. The number of hydrogen-bond acceptors (Lipinski definition) is 3. The summed E-state index contributed by atoms with van der Waals surface area (Å²) in [5, 5.41) is 3.03. The molecule has 0 saturated carbocycles. The highest BCUT2D eigenvalue weighted by Gasteiger charge is 2.29. The maximum absolute atomic E-state index is 12.8. The molecule has 28 heavy (non-hydrogen) atoms. The SMILES string of the molecule is CC[C@H](C(=O)Nc1ccc2c(c1)CN(C(C)C)C(=O)[C@H](C)O2)c1ccccc1. The third-order valence-corrected chi connectivity index (χ3v) is 5.15. The summed E-state index contributed by atoms with van der Waals surface area (Å²) in [6.07, 6.45) is 0.198. The maximum Gasteiger partial charge on any atom is 0.263 e. The Morgan fingerprint density at radius 3 is 2.57 bits per heavy atom. The number of fused-ring (bicyclic) bond motifs is 1. The molecular weight excluding hydrogens is 352 g/mol. The van der Waals surface area contributed by atoms with E-state index in [0.29, 0.717) is 18.0 Å². The molecule has 148 valence electrons. The van der Waals surface area contributed by atoms with Crippen LogP contribution in [0.3, 0.4) is 0 Å². The van der Waals surface area contributed by atoms with E-state index in [0.717, 1.165) is 17.5 Å². The summed E-state index contributed by atoms with van der Waals surface area (Å²) in [7, 11) is 0. The van der Waals surface area contributed by atoms with E-state index in [-0.39, 0.29) is 23.8 Å². The smallest absolute Gasteiger partial charge is 0.263 e. The first-order valence-corrected chi connectivity index (χ1v) is 9.86. The molecule has 1 heterocycles. The number of carbonyl (C=O) groups excluding carboxylic acids is 2. The minimum absolute atomic E-state index is 0.0214. The summed E-state index contributed by atoms with van der Waals surface area (Å²) in [4.78, 5) is 27.2. The summed E-state index contributed by atoms with van der Waals surface area (Å²) in [6.45, 7) is 8.24. The van der Waals surface area contributed by atoms with Crippen LogP contribution in [0.5, 0.6) is 5.75 Å². The third-order valence-electron chi connectivity index (χ3n) is 5.15. The van der Waals surface area contributed by atoms with Gasteiger partial charge in [-0.3, -0.25) is 9.59 Å². The Labute approximate surface area is 166 Å². The summed E-state index contributed by atoms with van der Waals surface area (Å²) in [6, 6.07) is 15.4. The molecule has 5 heteroatoms. The highest BCUT2D eigenvalue weighted by Crippen LogP contribution is 2.30. The number of rotatable bonds is 5. The van der Waals surface area contributed by atoms with Crippen LogP contribution in [0, 0.1) is 0 Å². The highest BCUT2D eigenvalue weighted by atomic mass is 16.5. The predicted molar refractivity (Wildman–Crippen MR) is 110 cm³/mol. The lowest BCUT2D eigenvalue weighted by molar-refractivity contribution is -0.139. The normalized spacial score (nSPS) is 17.5. The average Bonchev–Trinajstić information content (AvgIpc) is 2.80. The Balaban J connectivity index is 1.82. The molecule has 2 aromatic rings. The zero-order valence-electron chi connectivity index (χ0n) is 16.9. The Morgan fingerprint density at radius 2 is 1.93 bits per heavy atom. The number of nitrogens with one attached hydrogen (secondary N) is 1. The molecule has 0 aliphatic carbocycles. The molecule has 2 aromatic carbocycles. The van der Waals surface area contributed by atoms with Crippen molar-refractivity contribution in [3.05, 3.63) is 59.7 Å². The highest BCUT2D eigenvalue weighted by molar-refractivity contribution is 5.96. The second-order valence-electron chi connectivity index (χ2n) is 7.50. The number of carbonyl (C=O) groups is 2. The fourth-order valence-electron chi connectivity index (χ4n) is 3.56. The first kappa shape index (κ1) is 19.9. The van der Waals surface area contributed by atoms with Gasteiger partial charge in [0.15, 0.2) is 6.10 Å². The molecule has 2 atom stereocenters.